The Morgan fingerprint density at radius 1 is 1.12 bits per heavy atom. The number of carbonyl (C=O) groups excluding carboxylic acids is 1. The van der Waals surface area contributed by atoms with E-state index in [0.29, 0.717) is 12.4 Å². The van der Waals surface area contributed by atoms with E-state index in [1.165, 1.54) is 0 Å². The normalized spacial score (nSPS) is 11.8. The molecule has 0 saturated carbocycles. The molecule has 2 aromatic heterocycles. The van der Waals surface area contributed by atoms with E-state index in [2.05, 4.69) is 24.9 Å². The number of aromatic nitrogens is 3. The molecule has 1 amide bonds. The number of anilines is 1. The molecule has 13 heteroatoms. The highest BCUT2D eigenvalue weighted by Gasteiger charge is 2.31. The molecule has 32 heavy (non-hydrogen) atoms. The SMILES string of the molecule is O=C(CCNS(=O)(=O)c1ccc(OC(F)(F)F)cc1)Nc1ccn(Cc2cccnc2)n1. The van der Waals surface area contributed by atoms with Gasteiger partial charge < -0.3 is 10.1 Å². The van der Waals surface area contributed by atoms with Crippen molar-refractivity contribution in [3.8, 4) is 5.75 Å². The number of nitrogens with one attached hydrogen (secondary N) is 2. The number of ether oxygens (including phenoxy) is 1. The average molecular weight is 469 g/mol. The van der Waals surface area contributed by atoms with Crippen molar-refractivity contribution in [2.75, 3.05) is 11.9 Å². The number of alkyl halides is 3. The van der Waals surface area contributed by atoms with E-state index in [9.17, 15) is 26.4 Å². The number of pyridine rings is 1. The predicted octanol–water partition coefficient (Wildman–Crippen LogP) is 2.53. The fourth-order valence-corrected chi connectivity index (χ4v) is 3.64. The molecule has 3 rings (SSSR count). The van der Waals surface area contributed by atoms with E-state index in [-0.39, 0.29) is 17.9 Å². The summed E-state index contributed by atoms with van der Waals surface area (Å²) >= 11 is 0. The van der Waals surface area contributed by atoms with Gasteiger partial charge in [-0.25, -0.2) is 13.1 Å². The third kappa shape index (κ3) is 7.06. The zero-order valence-electron chi connectivity index (χ0n) is 16.4. The molecular weight excluding hydrogens is 451 g/mol. The highest BCUT2D eigenvalue weighted by atomic mass is 32.2. The van der Waals surface area contributed by atoms with Crippen molar-refractivity contribution in [1.29, 1.82) is 0 Å². The molecule has 0 fully saturated rings. The number of hydrogen-bond donors (Lipinski definition) is 2. The van der Waals surface area contributed by atoms with Crippen molar-refractivity contribution in [3.05, 3.63) is 66.6 Å². The fraction of sp³-hybridized carbons (Fsp3) is 0.211. The van der Waals surface area contributed by atoms with Crippen LogP contribution in [0.1, 0.15) is 12.0 Å². The molecule has 170 valence electrons. The molecule has 0 spiro atoms. The van der Waals surface area contributed by atoms with Gasteiger partial charge in [0.05, 0.1) is 11.4 Å². The lowest BCUT2D eigenvalue weighted by Crippen LogP contribution is -2.28. The first-order valence-electron chi connectivity index (χ1n) is 9.18. The van der Waals surface area contributed by atoms with Gasteiger partial charge in [-0.3, -0.25) is 14.5 Å². The van der Waals surface area contributed by atoms with Crippen LogP contribution in [-0.2, 0) is 21.4 Å². The van der Waals surface area contributed by atoms with Crippen molar-refractivity contribution < 1.29 is 31.1 Å². The second-order valence-corrected chi connectivity index (χ2v) is 8.24. The van der Waals surface area contributed by atoms with E-state index < -0.39 is 28.0 Å². The molecule has 9 nitrogen and oxygen atoms in total. The number of nitrogens with zero attached hydrogens (tertiary/aromatic N) is 3. The van der Waals surface area contributed by atoms with Crippen LogP contribution in [0.4, 0.5) is 19.0 Å². The maximum absolute atomic E-state index is 12.2. The Bertz CT molecular complexity index is 1150. The van der Waals surface area contributed by atoms with Crippen molar-refractivity contribution in [2.45, 2.75) is 24.2 Å². The Balaban J connectivity index is 1.47. The second-order valence-electron chi connectivity index (χ2n) is 6.47. The minimum absolute atomic E-state index is 0.177. The van der Waals surface area contributed by atoms with Gasteiger partial charge in [0.25, 0.3) is 0 Å². The molecule has 2 N–H and O–H groups in total. The molecule has 3 aromatic rings. The minimum Gasteiger partial charge on any atom is -0.406 e. The van der Waals surface area contributed by atoms with Gasteiger partial charge in [0.15, 0.2) is 5.82 Å². The number of benzene rings is 1. The zero-order valence-corrected chi connectivity index (χ0v) is 17.2. The lowest BCUT2D eigenvalue weighted by Gasteiger charge is -2.10. The van der Waals surface area contributed by atoms with Crippen LogP contribution in [0.3, 0.4) is 0 Å². The van der Waals surface area contributed by atoms with E-state index in [0.717, 1.165) is 29.8 Å². The van der Waals surface area contributed by atoms with E-state index in [4.69, 9.17) is 0 Å². The van der Waals surface area contributed by atoms with E-state index in [1.807, 2.05) is 6.07 Å². The summed E-state index contributed by atoms with van der Waals surface area (Å²) in [4.78, 5) is 15.8. The summed E-state index contributed by atoms with van der Waals surface area (Å²) in [6.07, 6.45) is -0.0190. The Morgan fingerprint density at radius 3 is 2.53 bits per heavy atom. The molecule has 0 saturated heterocycles. The summed E-state index contributed by atoms with van der Waals surface area (Å²) in [6.45, 7) is 0.252. The standard InChI is InChI=1S/C19H18F3N5O4S/c20-19(21,22)31-15-3-5-16(6-4-15)32(29,30)24-10-7-18(28)25-17-8-11-27(26-17)13-14-2-1-9-23-12-14/h1-6,8-9,11-12,24H,7,10,13H2,(H,25,26,28). The largest absolute Gasteiger partial charge is 0.573 e. The summed E-state index contributed by atoms with van der Waals surface area (Å²) in [7, 11) is -4.01. The molecule has 0 radical (unpaired) electrons. The predicted molar refractivity (Wildman–Crippen MR) is 107 cm³/mol. The lowest BCUT2D eigenvalue weighted by molar-refractivity contribution is -0.274. The van der Waals surface area contributed by atoms with Gasteiger partial charge in [0, 0.05) is 37.6 Å². The third-order valence-electron chi connectivity index (χ3n) is 3.99. The Labute approximate surface area is 181 Å². The molecule has 0 atom stereocenters. The van der Waals surface area contributed by atoms with E-state index in [1.54, 1.807) is 35.4 Å². The first-order chi connectivity index (χ1) is 15.1. The van der Waals surface area contributed by atoms with E-state index >= 15 is 0 Å². The van der Waals surface area contributed by atoms with Crippen molar-refractivity contribution in [3.63, 3.8) is 0 Å². The van der Waals surface area contributed by atoms with Crippen LogP contribution in [0.15, 0.2) is 66.0 Å². The number of sulfonamides is 1. The van der Waals surface area contributed by atoms with Gasteiger partial charge in [-0.1, -0.05) is 6.07 Å². The topological polar surface area (TPSA) is 115 Å². The zero-order chi connectivity index (χ0) is 23.2. The smallest absolute Gasteiger partial charge is 0.406 e. The monoisotopic (exact) mass is 469 g/mol. The van der Waals surface area contributed by atoms with Crippen LogP contribution in [0.25, 0.3) is 0 Å². The van der Waals surface area contributed by atoms with Crippen LogP contribution < -0.4 is 14.8 Å². The van der Waals surface area contributed by atoms with Crippen LogP contribution in [0.5, 0.6) is 5.75 Å². The summed E-state index contributed by atoms with van der Waals surface area (Å²) in [5.41, 5.74) is 0.931. The molecule has 1 aromatic carbocycles. The van der Waals surface area contributed by atoms with Crippen molar-refractivity contribution in [1.82, 2.24) is 19.5 Å². The average Bonchev–Trinajstić information content (AvgIpc) is 3.14. The maximum Gasteiger partial charge on any atom is 0.573 e. The van der Waals surface area contributed by atoms with Crippen LogP contribution in [0, 0.1) is 0 Å². The molecular formula is C19H18F3N5O4S. The number of hydrogen-bond acceptors (Lipinski definition) is 6. The highest BCUT2D eigenvalue weighted by Crippen LogP contribution is 2.23. The van der Waals surface area contributed by atoms with Gasteiger partial charge in [-0.2, -0.15) is 5.10 Å². The summed E-state index contributed by atoms with van der Waals surface area (Å²) in [5, 5.41) is 6.77. The Morgan fingerprint density at radius 2 is 1.88 bits per heavy atom. The van der Waals surface area contributed by atoms with Gasteiger partial charge in [0.2, 0.25) is 15.9 Å². The van der Waals surface area contributed by atoms with Crippen LogP contribution in [-0.4, -0.2) is 42.0 Å². The molecule has 0 aliphatic rings. The maximum atomic E-state index is 12.2. The van der Waals surface area contributed by atoms with Gasteiger partial charge in [-0.15, -0.1) is 13.2 Å². The highest BCUT2D eigenvalue weighted by molar-refractivity contribution is 7.89. The number of carbonyl (C=O) groups is 1. The quantitative estimate of drug-likeness (QED) is 0.498. The Kier molecular flexibility index (Phi) is 7.10. The lowest BCUT2D eigenvalue weighted by atomic mass is 10.3. The molecule has 0 bridgehead atoms. The molecule has 2 heterocycles. The fourth-order valence-electron chi connectivity index (χ4n) is 2.60. The second kappa shape index (κ2) is 9.78. The summed E-state index contributed by atoms with van der Waals surface area (Å²) in [6, 6.07) is 9.00. The Hall–Kier alpha value is -3.45. The van der Waals surface area contributed by atoms with Crippen molar-refractivity contribution in [2.24, 2.45) is 0 Å². The van der Waals surface area contributed by atoms with Gasteiger partial charge >= 0.3 is 6.36 Å². The van der Waals surface area contributed by atoms with Gasteiger partial charge in [0.1, 0.15) is 5.75 Å². The summed E-state index contributed by atoms with van der Waals surface area (Å²) < 4.78 is 68.5. The number of rotatable bonds is 9. The first kappa shape index (κ1) is 23.2. The van der Waals surface area contributed by atoms with Gasteiger partial charge in [-0.05, 0) is 35.9 Å². The molecule has 0 aliphatic carbocycles. The number of halogens is 3. The van der Waals surface area contributed by atoms with Crippen molar-refractivity contribution >= 4 is 21.7 Å². The third-order valence-corrected chi connectivity index (χ3v) is 5.46. The molecule has 0 aliphatic heterocycles. The number of amides is 1. The summed E-state index contributed by atoms with van der Waals surface area (Å²) in [5.74, 6) is -0.700. The minimum atomic E-state index is -4.87. The first-order valence-corrected chi connectivity index (χ1v) is 10.7. The van der Waals surface area contributed by atoms with Crippen LogP contribution >= 0.6 is 0 Å². The molecule has 0 unspecified atom stereocenters. The van der Waals surface area contributed by atoms with Crippen LogP contribution in [0.2, 0.25) is 0 Å².